The molecule has 72 valence electrons. The minimum Gasteiger partial charge on any atom is -0.477 e. The molecule has 8 heteroatoms. The zero-order chi connectivity index (χ0) is 10.2. The Kier molecular flexibility index (Phi) is 2.89. The lowest BCUT2D eigenvalue weighted by molar-refractivity contribution is -0.233. The van der Waals surface area contributed by atoms with Gasteiger partial charge in [-0.15, -0.1) is 0 Å². The molecule has 0 bridgehead atoms. The smallest absolute Gasteiger partial charge is 0.408 e. The van der Waals surface area contributed by atoms with Gasteiger partial charge in [0.15, 0.2) is 0 Å². The van der Waals surface area contributed by atoms with E-state index < -0.39 is 23.4 Å². The van der Waals surface area contributed by atoms with Gasteiger partial charge >= 0.3 is 17.8 Å². The summed E-state index contributed by atoms with van der Waals surface area (Å²) in [6.45, 7) is 0. The average molecular weight is 213 g/mol. The van der Waals surface area contributed by atoms with Gasteiger partial charge in [0.05, 0.1) is 0 Å². The molecule has 0 aliphatic carbocycles. The molecule has 0 fully saturated rings. The van der Waals surface area contributed by atoms with E-state index >= 15 is 0 Å². The number of alkyl halides is 6. The third kappa shape index (κ3) is 1.60. The van der Waals surface area contributed by atoms with Crippen LogP contribution in [0.2, 0.25) is 0 Å². The van der Waals surface area contributed by atoms with Crippen LogP contribution in [0.1, 0.15) is 0 Å². The molecule has 0 radical (unpaired) electrons. The Morgan fingerprint density at radius 3 is 1.75 bits per heavy atom. The number of hydrogen-bond donors (Lipinski definition) is 1. The minimum atomic E-state index is -5.51. The summed E-state index contributed by atoms with van der Waals surface area (Å²) in [6, 6.07) is 0. The van der Waals surface area contributed by atoms with Gasteiger partial charge < -0.3 is 5.11 Å². The average Bonchev–Trinajstić information content (AvgIpc) is 1.86. The van der Waals surface area contributed by atoms with Crippen molar-refractivity contribution in [1.29, 1.82) is 0 Å². The highest BCUT2D eigenvalue weighted by Gasteiger charge is 2.67. The summed E-state index contributed by atoms with van der Waals surface area (Å²) in [5.74, 6) is -14.1. The second-order valence-corrected chi connectivity index (χ2v) is 2.19. The summed E-state index contributed by atoms with van der Waals surface area (Å²) in [5.41, 5.74) is -3.75. The van der Waals surface area contributed by atoms with Crippen molar-refractivity contribution in [3.8, 4) is 0 Å². The van der Waals surface area contributed by atoms with Gasteiger partial charge in [0.25, 0.3) is 0 Å². The van der Waals surface area contributed by atoms with Crippen molar-refractivity contribution in [3.63, 3.8) is 0 Å². The SMILES string of the molecule is O=C(O)C(F)(F)C(F)(F)C(F)Cl. The third-order valence-electron chi connectivity index (χ3n) is 0.961. The second kappa shape index (κ2) is 3.04. The van der Waals surface area contributed by atoms with Crippen LogP contribution in [-0.2, 0) is 4.79 Å². The lowest BCUT2D eigenvalue weighted by Crippen LogP contribution is -2.51. The molecule has 0 spiro atoms. The van der Waals surface area contributed by atoms with Gasteiger partial charge in [-0.3, -0.25) is 0 Å². The largest absolute Gasteiger partial charge is 0.477 e. The molecule has 1 unspecified atom stereocenters. The Morgan fingerprint density at radius 1 is 1.33 bits per heavy atom. The maximum atomic E-state index is 11.9. The van der Waals surface area contributed by atoms with Crippen LogP contribution >= 0.6 is 11.6 Å². The molecule has 0 aromatic carbocycles. The molecule has 0 aliphatic rings. The first-order valence-electron chi connectivity index (χ1n) is 2.41. The maximum Gasteiger partial charge on any atom is 0.408 e. The minimum absolute atomic E-state index is 3.13. The van der Waals surface area contributed by atoms with E-state index in [1.807, 2.05) is 0 Å². The first-order valence-corrected chi connectivity index (χ1v) is 2.85. The van der Waals surface area contributed by atoms with Crippen LogP contribution in [0.4, 0.5) is 22.0 Å². The molecule has 1 atom stereocenters. The summed E-state index contributed by atoms with van der Waals surface area (Å²) in [4.78, 5) is 9.52. The van der Waals surface area contributed by atoms with Gasteiger partial charge in [-0.25, -0.2) is 9.18 Å². The number of halogens is 6. The lowest BCUT2D eigenvalue weighted by atomic mass is 10.2. The number of carbonyl (C=O) groups is 1. The number of hydrogen-bond acceptors (Lipinski definition) is 1. The van der Waals surface area contributed by atoms with Crippen molar-refractivity contribution in [2.24, 2.45) is 0 Å². The zero-order valence-electron chi connectivity index (χ0n) is 5.20. The summed E-state index contributed by atoms with van der Waals surface area (Å²) in [5, 5.41) is 7.57. The van der Waals surface area contributed by atoms with E-state index in [-0.39, 0.29) is 0 Å². The van der Waals surface area contributed by atoms with Crippen LogP contribution in [0, 0.1) is 0 Å². The molecule has 0 saturated carbocycles. The van der Waals surface area contributed by atoms with Crippen molar-refractivity contribution >= 4 is 17.6 Å². The van der Waals surface area contributed by atoms with E-state index in [1.54, 1.807) is 0 Å². The molecule has 0 saturated heterocycles. The van der Waals surface area contributed by atoms with Gasteiger partial charge in [0.2, 0.25) is 5.63 Å². The Labute approximate surface area is 67.9 Å². The van der Waals surface area contributed by atoms with E-state index in [0.717, 1.165) is 0 Å². The summed E-state index contributed by atoms with van der Waals surface area (Å²) < 4.78 is 59.3. The standard InChI is InChI=1S/C4H2ClF5O2/c5-1(6)3(7,8)4(9,10)2(11)12/h1H,(H,11,12). The third-order valence-corrected chi connectivity index (χ3v) is 1.24. The highest BCUT2D eigenvalue weighted by atomic mass is 35.5. The first kappa shape index (κ1) is 11.4. The zero-order valence-corrected chi connectivity index (χ0v) is 5.96. The summed E-state index contributed by atoms with van der Waals surface area (Å²) >= 11 is 4.04. The van der Waals surface area contributed by atoms with Crippen LogP contribution in [0.3, 0.4) is 0 Å². The monoisotopic (exact) mass is 212 g/mol. The van der Waals surface area contributed by atoms with Gasteiger partial charge in [0.1, 0.15) is 0 Å². The maximum absolute atomic E-state index is 11.9. The van der Waals surface area contributed by atoms with E-state index in [4.69, 9.17) is 5.11 Å². The predicted molar refractivity (Wildman–Crippen MR) is 28.3 cm³/mol. The van der Waals surface area contributed by atoms with Crippen LogP contribution in [-0.4, -0.2) is 28.6 Å². The van der Waals surface area contributed by atoms with Crippen molar-refractivity contribution in [1.82, 2.24) is 0 Å². The molecule has 0 aliphatic heterocycles. The fourth-order valence-corrected chi connectivity index (χ4v) is 0.417. The number of carboxylic acid groups (broad SMARTS) is 1. The van der Waals surface area contributed by atoms with Gasteiger partial charge in [-0.2, -0.15) is 17.6 Å². The second-order valence-electron chi connectivity index (χ2n) is 1.80. The molecule has 1 N–H and O–H groups in total. The van der Waals surface area contributed by atoms with E-state index in [0.29, 0.717) is 0 Å². The number of aliphatic carboxylic acids is 1. The highest BCUT2D eigenvalue weighted by molar-refractivity contribution is 6.20. The van der Waals surface area contributed by atoms with Crippen LogP contribution in [0.15, 0.2) is 0 Å². The first-order chi connectivity index (χ1) is 5.14. The lowest BCUT2D eigenvalue weighted by Gasteiger charge is -2.22. The molecule has 0 aromatic heterocycles. The van der Waals surface area contributed by atoms with E-state index in [9.17, 15) is 26.7 Å². The molecule has 2 nitrogen and oxygen atoms in total. The normalized spacial score (nSPS) is 15.8. The Balaban J connectivity index is 4.88. The van der Waals surface area contributed by atoms with E-state index in [2.05, 4.69) is 11.6 Å². The predicted octanol–water partition coefficient (Wildman–Crippen LogP) is 1.88. The Hall–Kier alpha value is -0.590. The van der Waals surface area contributed by atoms with Crippen molar-refractivity contribution in [2.45, 2.75) is 17.5 Å². The number of carboxylic acids is 1. The van der Waals surface area contributed by atoms with Crippen molar-refractivity contribution in [3.05, 3.63) is 0 Å². The quantitative estimate of drug-likeness (QED) is 0.573. The summed E-state index contributed by atoms with van der Waals surface area (Å²) in [6.07, 6.45) is 0. The molecule has 0 aromatic rings. The molecule has 12 heavy (non-hydrogen) atoms. The van der Waals surface area contributed by atoms with Crippen LogP contribution in [0.5, 0.6) is 0 Å². The Bertz CT molecular complexity index is 192. The highest BCUT2D eigenvalue weighted by Crippen LogP contribution is 2.39. The van der Waals surface area contributed by atoms with Crippen molar-refractivity contribution < 1.29 is 31.9 Å². The van der Waals surface area contributed by atoms with E-state index in [1.165, 1.54) is 0 Å². The van der Waals surface area contributed by atoms with Crippen molar-refractivity contribution in [2.75, 3.05) is 0 Å². The fraction of sp³-hybridized carbons (Fsp3) is 0.750. The fourth-order valence-electron chi connectivity index (χ4n) is 0.280. The molecule has 0 amide bonds. The number of rotatable bonds is 3. The van der Waals surface area contributed by atoms with Gasteiger partial charge in [0, 0.05) is 0 Å². The van der Waals surface area contributed by atoms with Crippen LogP contribution in [0.25, 0.3) is 0 Å². The summed E-state index contributed by atoms with van der Waals surface area (Å²) in [7, 11) is 0. The molecule has 0 heterocycles. The Morgan fingerprint density at radius 2 is 1.67 bits per heavy atom. The molecular formula is C4H2ClF5O2. The topological polar surface area (TPSA) is 37.3 Å². The van der Waals surface area contributed by atoms with Crippen LogP contribution < -0.4 is 0 Å². The molecule has 0 rings (SSSR count). The molecular weight excluding hydrogens is 210 g/mol. The van der Waals surface area contributed by atoms with Gasteiger partial charge in [-0.05, 0) is 0 Å². The van der Waals surface area contributed by atoms with Gasteiger partial charge in [-0.1, -0.05) is 11.6 Å².